The zero-order valence-electron chi connectivity index (χ0n) is 14.9. The number of nitrogens with one attached hydrogen (secondary N) is 1. The third-order valence-corrected chi connectivity index (χ3v) is 6.36. The number of hydrogen-bond acceptors (Lipinski definition) is 2. The van der Waals surface area contributed by atoms with E-state index in [1.165, 1.54) is 38.5 Å². The van der Waals surface area contributed by atoms with E-state index in [1.807, 2.05) is 38.1 Å². The lowest BCUT2D eigenvalue weighted by molar-refractivity contribution is -0.134. The molecule has 1 aromatic carbocycles. The summed E-state index contributed by atoms with van der Waals surface area (Å²) in [7, 11) is 0. The van der Waals surface area contributed by atoms with Crippen molar-refractivity contribution < 1.29 is 9.53 Å². The molecule has 1 aromatic rings. The highest BCUT2D eigenvalue weighted by Crippen LogP contribution is 2.55. The number of benzene rings is 1. The van der Waals surface area contributed by atoms with Crippen LogP contribution in [-0.4, -0.2) is 17.6 Å². The van der Waals surface area contributed by atoms with Crippen LogP contribution in [0.2, 0.25) is 0 Å². The van der Waals surface area contributed by atoms with Crippen LogP contribution in [0.15, 0.2) is 24.3 Å². The summed E-state index contributed by atoms with van der Waals surface area (Å²) in [5.41, 5.74) is 1.22. The molecule has 5 rings (SSSR count). The number of rotatable bonds is 5. The first kappa shape index (κ1) is 16.0. The van der Waals surface area contributed by atoms with Crippen molar-refractivity contribution in [3.63, 3.8) is 0 Å². The van der Waals surface area contributed by atoms with E-state index in [2.05, 4.69) is 5.32 Å². The number of hydrogen-bond donors (Lipinski definition) is 1. The molecular formula is C21H29NO2. The highest BCUT2D eigenvalue weighted by Gasteiger charge is 2.51. The van der Waals surface area contributed by atoms with Crippen molar-refractivity contribution in [2.24, 2.45) is 17.8 Å². The second-order valence-corrected chi connectivity index (χ2v) is 8.52. The molecule has 4 bridgehead atoms. The summed E-state index contributed by atoms with van der Waals surface area (Å²) >= 11 is 0. The van der Waals surface area contributed by atoms with Gasteiger partial charge in [0.05, 0.1) is 0 Å². The Balaban J connectivity index is 1.44. The molecule has 1 amide bonds. The fourth-order valence-corrected chi connectivity index (χ4v) is 5.78. The molecule has 0 aliphatic heterocycles. The molecule has 0 radical (unpaired) electrons. The monoisotopic (exact) mass is 327 g/mol. The fourth-order valence-electron chi connectivity index (χ4n) is 5.78. The zero-order chi connectivity index (χ0) is 16.7. The zero-order valence-corrected chi connectivity index (χ0v) is 14.9. The Hall–Kier alpha value is -1.51. The number of ether oxygens (including phenoxy) is 1. The van der Waals surface area contributed by atoms with Crippen molar-refractivity contribution in [2.75, 3.05) is 0 Å². The van der Waals surface area contributed by atoms with Gasteiger partial charge < -0.3 is 10.1 Å². The van der Waals surface area contributed by atoms with Crippen LogP contribution >= 0.6 is 0 Å². The number of aryl methyl sites for hydroxylation is 1. The second-order valence-electron chi connectivity index (χ2n) is 8.52. The van der Waals surface area contributed by atoms with Crippen molar-refractivity contribution in [2.45, 2.75) is 70.4 Å². The normalized spacial score (nSPS) is 34.8. The minimum atomic E-state index is -0.389. The maximum absolute atomic E-state index is 12.9. The summed E-state index contributed by atoms with van der Waals surface area (Å²) < 4.78 is 6.01. The van der Waals surface area contributed by atoms with Crippen LogP contribution in [-0.2, 0) is 4.79 Å². The Bertz CT molecular complexity index is 589. The van der Waals surface area contributed by atoms with Gasteiger partial charge in [-0.25, -0.2) is 0 Å². The summed E-state index contributed by atoms with van der Waals surface area (Å²) in [4.78, 5) is 12.9. The second kappa shape index (κ2) is 6.09. The molecule has 0 saturated heterocycles. The smallest absolute Gasteiger partial charge is 0.261 e. The molecule has 24 heavy (non-hydrogen) atoms. The summed E-state index contributed by atoms with van der Waals surface area (Å²) in [5, 5.41) is 3.45. The van der Waals surface area contributed by atoms with E-state index in [-0.39, 0.29) is 17.6 Å². The summed E-state index contributed by atoms with van der Waals surface area (Å²) in [6.07, 6.45) is 8.05. The van der Waals surface area contributed by atoms with Crippen molar-refractivity contribution in [1.82, 2.24) is 5.32 Å². The number of carbonyl (C=O) groups excluding carboxylic acids is 1. The fraction of sp³-hybridized carbons (Fsp3) is 0.667. The highest BCUT2D eigenvalue weighted by molar-refractivity contribution is 5.82. The van der Waals surface area contributed by atoms with Crippen molar-refractivity contribution in [3.05, 3.63) is 29.8 Å². The average molecular weight is 327 g/mol. The Morgan fingerprint density at radius 3 is 2.38 bits per heavy atom. The Labute approximate surface area is 145 Å². The van der Waals surface area contributed by atoms with Gasteiger partial charge in [-0.1, -0.05) is 19.1 Å². The minimum Gasteiger partial charge on any atom is -0.481 e. The Morgan fingerprint density at radius 1 is 1.21 bits per heavy atom. The molecule has 4 aliphatic rings. The van der Waals surface area contributed by atoms with Gasteiger partial charge in [-0.15, -0.1) is 0 Å². The molecule has 4 saturated carbocycles. The Morgan fingerprint density at radius 2 is 1.83 bits per heavy atom. The first-order valence-corrected chi connectivity index (χ1v) is 9.60. The lowest BCUT2D eigenvalue weighted by Gasteiger charge is -2.57. The van der Waals surface area contributed by atoms with Gasteiger partial charge in [0.25, 0.3) is 5.91 Å². The van der Waals surface area contributed by atoms with Gasteiger partial charge in [0.1, 0.15) is 5.75 Å². The molecule has 0 heterocycles. The first-order valence-electron chi connectivity index (χ1n) is 9.60. The molecule has 3 heteroatoms. The van der Waals surface area contributed by atoms with Gasteiger partial charge in [-0.3, -0.25) is 4.79 Å². The van der Waals surface area contributed by atoms with Crippen molar-refractivity contribution in [1.29, 1.82) is 0 Å². The molecule has 1 atom stereocenters. The predicted octanol–water partition coefficient (Wildman–Crippen LogP) is 4.24. The number of carbonyl (C=O) groups is 1. The van der Waals surface area contributed by atoms with E-state index in [4.69, 9.17) is 4.74 Å². The molecule has 0 unspecified atom stereocenters. The van der Waals surface area contributed by atoms with E-state index < -0.39 is 0 Å². The van der Waals surface area contributed by atoms with E-state index in [0.29, 0.717) is 6.42 Å². The molecular weight excluding hydrogens is 298 g/mol. The largest absolute Gasteiger partial charge is 0.481 e. The summed E-state index contributed by atoms with van der Waals surface area (Å²) in [6.45, 7) is 4.07. The quantitative estimate of drug-likeness (QED) is 0.878. The standard InChI is InChI=1S/C21H29NO2/c1-3-19(24-18-6-4-5-14(2)7-18)20(23)22-21-11-15-8-16(12-21)10-17(9-15)13-21/h4-7,15-17,19H,3,8-13H2,1-2H3,(H,22,23)/t15?,16?,17?,19-,21?/m0/s1. The minimum absolute atomic E-state index is 0.0647. The summed E-state index contributed by atoms with van der Waals surface area (Å²) in [6, 6.07) is 7.96. The van der Waals surface area contributed by atoms with Gasteiger partial charge in [-0.2, -0.15) is 0 Å². The predicted molar refractivity (Wildman–Crippen MR) is 94.9 cm³/mol. The molecule has 4 fully saturated rings. The van der Waals surface area contributed by atoms with Gasteiger partial charge >= 0.3 is 0 Å². The summed E-state index contributed by atoms with van der Waals surface area (Å²) in [5.74, 6) is 3.40. The highest BCUT2D eigenvalue weighted by atomic mass is 16.5. The van der Waals surface area contributed by atoms with E-state index in [9.17, 15) is 4.79 Å². The number of amides is 1. The van der Waals surface area contributed by atoms with Crippen LogP contribution < -0.4 is 10.1 Å². The maximum atomic E-state index is 12.9. The molecule has 3 nitrogen and oxygen atoms in total. The van der Waals surface area contributed by atoms with Gasteiger partial charge in [0.2, 0.25) is 0 Å². The first-order chi connectivity index (χ1) is 11.5. The van der Waals surface area contributed by atoms with Gasteiger partial charge in [-0.05, 0) is 87.3 Å². The Kier molecular flexibility index (Phi) is 4.06. The molecule has 0 aromatic heterocycles. The van der Waals surface area contributed by atoms with Crippen LogP contribution in [0.4, 0.5) is 0 Å². The van der Waals surface area contributed by atoms with Crippen LogP contribution in [0.5, 0.6) is 5.75 Å². The van der Waals surface area contributed by atoms with Crippen molar-refractivity contribution in [3.8, 4) is 5.75 Å². The SMILES string of the molecule is CC[C@H](Oc1cccc(C)c1)C(=O)NC12CC3CC(CC(C3)C1)C2. The van der Waals surface area contributed by atoms with E-state index in [0.717, 1.165) is 29.1 Å². The van der Waals surface area contributed by atoms with Crippen LogP contribution in [0, 0.1) is 24.7 Å². The van der Waals surface area contributed by atoms with Crippen LogP contribution in [0.25, 0.3) is 0 Å². The molecule has 130 valence electrons. The van der Waals surface area contributed by atoms with Crippen LogP contribution in [0.1, 0.15) is 57.4 Å². The third-order valence-electron chi connectivity index (χ3n) is 6.36. The average Bonchev–Trinajstić information content (AvgIpc) is 2.50. The van der Waals surface area contributed by atoms with E-state index in [1.54, 1.807) is 0 Å². The van der Waals surface area contributed by atoms with Crippen LogP contribution in [0.3, 0.4) is 0 Å². The van der Waals surface area contributed by atoms with Gasteiger partial charge in [0, 0.05) is 5.54 Å². The molecule has 1 N–H and O–H groups in total. The lowest BCUT2D eigenvalue weighted by atomic mass is 9.53. The van der Waals surface area contributed by atoms with Crippen molar-refractivity contribution >= 4 is 5.91 Å². The topological polar surface area (TPSA) is 38.3 Å². The van der Waals surface area contributed by atoms with E-state index >= 15 is 0 Å². The molecule has 0 spiro atoms. The lowest BCUT2D eigenvalue weighted by Crippen LogP contribution is -2.61. The molecule has 4 aliphatic carbocycles. The van der Waals surface area contributed by atoms with Gasteiger partial charge in [0.15, 0.2) is 6.10 Å². The third kappa shape index (κ3) is 3.05. The maximum Gasteiger partial charge on any atom is 0.261 e.